The van der Waals surface area contributed by atoms with Crippen molar-refractivity contribution in [1.29, 1.82) is 0 Å². The zero-order chi connectivity index (χ0) is 15.4. The van der Waals surface area contributed by atoms with E-state index in [1.54, 1.807) is 0 Å². The van der Waals surface area contributed by atoms with E-state index in [4.69, 9.17) is 44.3 Å². The Kier molecular flexibility index (Phi) is 5.67. The van der Waals surface area contributed by atoms with E-state index in [0.29, 0.717) is 11.3 Å². The van der Waals surface area contributed by atoms with Crippen molar-refractivity contribution < 1.29 is 9.47 Å². The van der Waals surface area contributed by atoms with Gasteiger partial charge in [-0.05, 0) is 12.1 Å². The van der Waals surface area contributed by atoms with Gasteiger partial charge >= 0.3 is 0 Å². The van der Waals surface area contributed by atoms with Crippen molar-refractivity contribution in [2.75, 3.05) is 19.6 Å². The molecule has 7 heteroatoms. The number of methoxy groups -OCH3 is 2. The van der Waals surface area contributed by atoms with E-state index in [-0.39, 0.29) is 15.1 Å². The highest BCUT2D eigenvalue weighted by molar-refractivity contribution is 6.59. The normalized spacial score (nSPS) is 17.3. The van der Waals surface area contributed by atoms with Crippen LogP contribution in [0, 0.1) is 0 Å². The number of halogens is 3. The first-order chi connectivity index (χ1) is 10.1. The summed E-state index contributed by atoms with van der Waals surface area (Å²) in [5.74, 6) is 0. The SMILES string of the molecule is COC(OC)C1=C(Cl)C(Cl)=C(Cl)/C1=N\Nc1ccccc1. The fourth-order valence-corrected chi connectivity index (χ4v) is 2.58. The first kappa shape index (κ1) is 16.3. The summed E-state index contributed by atoms with van der Waals surface area (Å²) < 4.78 is 10.4. The highest BCUT2D eigenvalue weighted by atomic mass is 35.5. The van der Waals surface area contributed by atoms with E-state index in [0.717, 1.165) is 5.69 Å². The molecule has 0 amide bonds. The molecule has 0 bridgehead atoms. The van der Waals surface area contributed by atoms with Gasteiger partial charge in [0.15, 0.2) is 6.29 Å². The van der Waals surface area contributed by atoms with Crippen molar-refractivity contribution in [1.82, 2.24) is 0 Å². The molecule has 0 aliphatic heterocycles. The number of hydrazone groups is 1. The molecule has 2 rings (SSSR count). The summed E-state index contributed by atoms with van der Waals surface area (Å²) in [5.41, 5.74) is 4.58. The standard InChI is InChI=1S/C14H13Cl3N2O2/c1-20-14(21-2)9-10(15)11(16)12(17)13(9)19-18-8-6-4-3-5-7-8/h3-7,14,18H,1-2H3/b19-13-. The van der Waals surface area contributed by atoms with Crippen molar-refractivity contribution in [2.24, 2.45) is 5.10 Å². The molecule has 0 radical (unpaired) electrons. The second-order valence-electron chi connectivity index (χ2n) is 4.10. The Hall–Kier alpha value is -1.04. The summed E-state index contributed by atoms with van der Waals surface area (Å²) in [4.78, 5) is 0. The quantitative estimate of drug-likeness (QED) is 0.639. The summed E-state index contributed by atoms with van der Waals surface area (Å²) in [6.07, 6.45) is -0.709. The Balaban J connectivity index is 2.35. The number of hydrogen-bond acceptors (Lipinski definition) is 4. The van der Waals surface area contributed by atoms with Gasteiger partial charge in [0.1, 0.15) is 5.71 Å². The molecular weight excluding hydrogens is 335 g/mol. The first-order valence-electron chi connectivity index (χ1n) is 6.00. The van der Waals surface area contributed by atoms with E-state index < -0.39 is 6.29 Å². The van der Waals surface area contributed by atoms with Crippen molar-refractivity contribution in [3.8, 4) is 0 Å². The molecule has 1 aliphatic rings. The van der Waals surface area contributed by atoms with Gasteiger partial charge in [0.2, 0.25) is 0 Å². The molecule has 1 aromatic rings. The number of hydrogen-bond donors (Lipinski definition) is 1. The van der Waals surface area contributed by atoms with E-state index in [2.05, 4.69) is 10.5 Å². The largest absolute Gasteiger partial charge is 0.352 e. The molecule has 0 spiro atoms. The minimum atomic E-state index is -0.709. The summed E-state index contributed by atoms with van der Waals surface area (Å²) in [6.45, 7) is 0. The number of allylic oxidation sites excluding steroid dienone is 3. The van der Waals surface area contributed by atoms with E-state index in [1.165, 1.54) is 14.2 Å². The number of nitrogens with zero attached hydrogens (tertiary/aromatic N) is 1. The molecule has 0 unspecified atom stereocenters. The third-order valence-corrected chi connectivity index (χ3v) is 4.15. The lowest BCUT2D eigenvalue weighted by Crippen LogP contribution is -2.22. The Bertz CT molecular complexity index is 608. The smallest absolute Gasteiger partial charge is 0.186 e. The summed E-state index contributed by atoms with van der Waals surface area (Å²) in [6, 6.07) is 9.42. The first-order valence-corrected chi connectivity index (χ1v) is 7.14. The molecular formula is C14H13Cl3N2O2. The van der Waals surface area contributed by atoms with Crippen LogP contribution in [0.15, 0.2) is 56.1 Å². The van der Waals surface area contributed by atoms with E-state index >= 15 is 0 Å². The molecule has 112 valence electrons. The van der Waals surface area contributed by atoms with Crippen LogP contribution in [0.2, 0.25) is 0 Å². The predicted molar refractivity (Wildman–Crippen MR) is 86.9 cm³/mol. The van der Waals surface area contributed by atoms with Crippen molar-refractivity contribution >= 4 is 46.2 Å². The highest BCUT2D eigenvalue weighted by Crippen LogP contribution is 2.39. The van der Waals surface area contributed by atoms with Crippen LogP contribution in [0.3, 0.4) is 0 Å². The van der Waals surface area contributed by atoms with Crippen LogP contribution in [-0.4, -0.2) is 26.2 Å². The van der Waals surface area contributed by atoms with Gasteiger partial charge in [0.05, 0.1) is 26.4 Å². The lowest BCUT2D eigenvalue weighted by molar-refractivity contribution is -0.0709. The molecule has 21 heavy (non-hydrogen) atoms. The Morgan fingerprint density at radius 1 is 0.952 bits per heavy atom. The van der Waals surface area contributed by atoms with Crippen LogP contribution in [-0.2, 0) is 9.47 Å². The van der Waals surface area contributed by atoms with Crippen LogP contribution < -0.4 is 5.43 Å². The molecule has 1 aliphatic carbocycles. The molecule has 0 saturated heterocycles. The van der Waals surface area contributed by atoms with Crippen LogP contribution in [0.1, 0.15) is 0 Å². The van der Waals surface area contributed by atoms with Gasteiger partial charge in [-0.2, -0.15) is 5.10 Å². The van der Waals surface area contributed by atoms with Gasteiger partial charge in [-0.3, -0.25) is 5.43 Å². The maximum absolute atomic E-state index is 6.19. The van der Waals surface area contributed by atoms with Crippen molar-refractivity contribution in [3.05, 3.63) is 51.0 Å². The summed E-state index contributed by atoms with van der Waals surface area (Å²) in [7, 11) is 2.99. The Labute approximate surface area is 138 Å². The topological polar surface area (TPSA) is 42.9 Å². The fraction of sp³-hybridized carbons (Fsp3) is 0.214. The Morgan fingerprint density at radius 3 is 2.14 bits per heavy atom. The second kappa shape index (κ2) is 7.29. The number of ether oxygens (including phenoxy) is 2. The number of benzene rings is 1. The lowest BCUT2D eigenvalue weighted by atomic mass is 10.2. The van der Waals surface area contributed by atoms with Crippen molar-refractivity contribution in [2.45, 2.75) is 6.29 Å². The number of rotatable bonds is 5. The zero-order valence-corrected chi connectivity index (χ0v) is 13.6. The lowest BCUT2D eigenvalue weighted by Gasteiger charge is -2.16. The summed E-state index contributed by atoms with van der Waals surface area (Å²) in [5, 5.41) is 5.00. The number of para-hydroxylation sites is 1. The van der Waals surface area contributed by atoms with Crippen molar-refractivity contribution in [3.63, 3.8) is 0 Å². The van der Waals surface area contributed by atoms with Gasteiger partial charge < -0.3 is 9.47 Å². The number of nitrogens with one attached hydrogen (secondary N) is 1. The molecule has 1 aromatic carbocycles. The molecule has 0 heterocycles. The van der Waals surface area contributed by atoms with E-state index in [1.807, 2.05) is 30.3 Å². The number of anilines is 1. The molecule has 0 saturated carbocycles. The molecule has 4 nitrogen and oxygen atoms in total. The zero-order valence-electron chi connectivity index (χ0n) is 11.4. The third-order valence-electron chi connectivity index (χ3n) is 2.82. The maximum atomic E-state index is 6.19. The van der Waals surface area contributed by atoms with Crippen LogP contribution in [0.5, 0.6) is 0 Å². The minimum Gasteiger partial charge on any atom is -0.352 e. The minimum absolute atomic E-state index is 0.223. The molecule has 0 atom stereocenters. The monoisotopic (exact) mass is 346 g/mol. The van der Waals surface area contributed by atoms with Gasteiger partial charge in [-0.25, -0.2) is 0 Å². The fourth-order valence-electron chi connectivity index (χ4n) is 1.83. The second-order valence-corrected chi connectivity index (χ2v) is 5.23. The van der Waals surface area contributed by atoms with Gasteiger partial charge in [-0.1, -0.05) is 53.0 Å². The van der Waals surface area contributed by atoms with Crippen LogP contribution in [0.25, 0.3) is 0 Å². The maximum Gasteiger partial charge on any atom is 0.186 e. The van der Waals surface area contributed by atoms with Gasteiger partial charge in [0.25, 0.3) is 0 Å². The Morgan fingerprint density at radius 2 is 1.57 bits per heavy atom. The summed E-state index contributed by atoms with van der Waals surface area (Å²) >= 11 is 18.5. The van der Waals surface area contributed by atoms with Gasteiger partial charge in [0, 0.05) is 14.2 Å². The van der Waals surface area contributed by atoms with Crippen LogP contribution >= 0.6 is 34.8 Å². The molecule has 0 fully saturated rings. The molecule has 0 aromatic heterocycles. The average Bonchev–Trinajstić information content (AvgIpc) is 2.72. The van der Waals surface area contributed by atoms with E-state index in [9.17, 15) is 0 Å². The average molecular weight is 348 g/mol. The van der Waals surface area contributed by atoms with Gasteiger partial charge in [-0.15, -0.1) is 0 Å². The third kappa shape index (κ3) is 3.42. The predicted octanol–water partition coefficient (Wildman–Crippen LogP) is 4.27. The highest BCUT2D eigenvalue weighted by Gasteiger charge is 2.33. The molecule has 1 N–H and O–H groups in total. The van der Waals surface area contributed by atoms with Crippen LogP contribution in [0.4, 0.5) is 5.69 Å².